The average molecular weight is 289 g/mol. The molecule has 2 aromatic rings. The van der Waals surface area contributed by atoms with Crippen molar-refractivity contribution in [3.05, 3.63) is 57.3 Å². The average Bonchev–Trinajstić information content (AvgIpc) is 2.81. The Morgan fingerprint density at radius 2 is 2.05 bits per heavy atom. The van der Waals surface area contributed by atoms with E-state index in [0.717, 1.165) is 17.0 Å². The molecular weight excluding hydrogens is 270 g/mol. The molecule has 0 spiro atoms. The molecule has 0 saturated heterocycles. The lowest BCUT2D eigenvalue weighted by atomic mass is 10.0. The summed E-state index contributed by atoms with van der Waals surface area (Å²) >= 11 is 1.34. The van der Waals surface area contributed by atoms with Crippen molar-refractivity contribution in [2.45, 2.75) is 26.3 Å². The quantitative estimate of drug-likeness (QED) is 0.853. The zero-order chi connectivity index (χ0) is 14.5. The van der Waals surface area contributed by atoms with Crippen LogP contribution in [0.5, 0.6) is 0 Å². The van der Waals surface area contributed by atoms with E-state index in [0.29, 0.717) is 17.3 Å². The van der Waals surface area contributed by atoms with E-state index in [4.69, 9.17) is 5.11 Å². The van der Waals surface area contributed by atoms with Crippen LogP contribution in [0.1, 0.15) is 38.5 Å². The molecule has 1 atom stereocenters. The number of carbonyl (C=O) groups is 1. The molecule has 0 saturated carbocycles. The van der Waals surface area contributed by atoms with Crippen LogP contribution >= 0.6 is 11.3 Å². The van der Waals surface area contributed by atoms with Crippen molar-refractivity contribution in [3.63, 3.8) is 0 Å². The van der Waals surface area contributed by atoms with Gasteiger partial charge in [0, 0.05) is 18.0 Å². The molecule has 3 nitrogen and oxygen atoms in total. The zero-order valence-electron chi connectivity index (χ0n) is 11.7. The SMILES string of the molecule is Cc1sc(C(=O)O)cc1CNCC(C)c1ccccc1. The van der Waals surface area contributed by atoms with Crippen LogP contribution in [0.2, 0.25) is 0 Å². The molecule has 1 aromatic carbocycles. The minimum absolute atomic E-state index is 0.412. The van der Waals surface area contributed by atoms with Crippen LogP contribution in [0.15, 0.2) is 36.4 Å². The first kappa shape index (κ1) is 14.8. The summed E-state index contributed by atoms with van der Waals surface area (Å²) in [6, 6.07) is 12.1. The summed E-state index contributed by atoms with van der Waals surface area (Å²) in [6.07, 6.45) is 0. The largest absolute Gasteiger partial charge is 0.477 e. The van der Waals surface area contributed by atoms with Gasteiger partial charge in [0.2, 0.25) is 0 Å². The van der Waals surface area contributed by atoms with Crippen LogP contribution in [-0.4, -0.2) is 17.6 Å². The van der Waals surface area contributed by atoms with Gasteiger partial charge in [0.05, 0.1) is 0 Å². The lowest BCUT2D eigenvalue weighted by molar-refractivity contribution is 0.0702. The van der Waals surface area contributed by atoms with Gasteiger partial charge in [0.25, 0.3) is 0 Å². The number of hydrogen-bond acceptors (Lipinski definition) is 3. The first-order valence-electron chi connectivity index (χ1n) is 6.66. The highest BCUT2D eigenvalue weighted by molar-refractivity contribution is 7.14. The van der Waals surface area contributed by atoms with E-state index < -0.39 is 5.97 Å². The van der Waals surface area contributed by atoms with Crippen molar-refractivity contribution in [3.8, 4) is 0 Å². The number of aromatic carboxylic acids is 1. The lowest BCUT2D eigenvalue weighted by Gasteiger charge is -2.12. The van der Waals surface area contributed by atoms with Gasteiger partial charge in [-0.05, 0) is 30.0 Å². The number of carboxylic acids is 1. The summed E-state index contributed by atoms with van der Waals surface area (Å²) in [4.78, 5) is 12.4. The Kier molecular flexibility index (Phi) is 4.93. The zero-order valence-corrected chi connectivity index (χ0v) is 12.5. The summed E-state index contributed by atoms with van der Waals surface area (Å²) in [6.45, 7) is 5.74. The first-order chi connectivity index (χ1) is 9.58. The van der Waals surface area contributed by atoms with E-state index in [1.165, 1.54) is 16.9 Å². The van der Waals surface area contributed by atoms with Crippen LogP contribution in [0.4, 0.5) is 0 Å². The Balaban J connectivity index is 1.88. The van der Waals surface area contributed by atoms with Crippen molar-refractivity contribution >= 4 is 17.3 Å². The summed E-state index contributed by atoms with van der Waals surface area (Å²) in [5.74, 6) is -0.406. The molecule has 1 unspecified atom stereocenters. The second-order valence-corrected chi connectivity index (χ2v) is 6.20. The normalized spacial score (nSPS) is 12.3. The van der Waals surface area contributed by atoms with E-state index in [2.05, 4.69) is 24.4 Å². The molecule has 20 heavy (non-hydrogen) atoms. The third-order valence-electron chi connectivity index (χ3n) is 3.37. The number of nitrogens with one attached hydrogen (secondary N) is 1. The van der Waals surface area contributed by atoms with Crippen molar-refractivity contribution in [1.82, 2.24) is 5.32 Å². The Hall–Kier alpha value is -1.65. The highest BCUT2D eigenvalue weighted by atomic mass is 32.1. The van der Waals surface area contributed by atoms with Crippen molar-refractivity contribution in [2.75, 3.05) is 6.54 Å². The molecule has 0 bridgehead atoms. The first-order valence-corrected chi connectivity index (χ1v) is 7.48. The van der Waals surface area contributed by atoms with Crippen LogP contribution in [0, 0.1) is 6.92 Å². The van der Waals surface area contributed by atoms with Gasteiger partial charge in [-0.25, -0.2) is 4.79 Å². The van der Waals surface area contributed by atoms with E-state index in [1.807, 2.05) is 25.1 Å². The smallest absolute Gasteiger partial charge is 0.345 e. The number of thiophene rings is 1. The highest BCUT2D eigenvalue weighted by Crippen LogP contribution is 2.21. The van der Waals surface area contributed by atoms with Crippen LogP contribution in [0.3, 0.4) is 0 Å². The van der Waals surface area contributed by atoms with Crippen LogP contribution in [-0.2, 0) is 6.54 Å². The number of hydrogen-bond donors (Lipinski definition) is 2. The maximum atomic E-state index is 10.9. The van der Waals surface area contributed by atoms with E-state index in [9.17, 15) is 4.79 Å². The molecule has 0 fully saturated rings. The highest BCUT2D eigenvalue weighted by Gasteiger charge is 2.11. The van der Waals surface area contributed by atoms with E-state index in [-0.39, 0.29) is 0 Å². The molecular formula is C16H19NO2S. The number of aryl methyl sites for hydroxylation is 1. The van der Waals surface area contributed by atoms with Gasteiger partial charge in [0.15, 0.2) is 0 Å². The van der Waals surface area contributed by atoms with Gasteiger partial charge in [-0.2, -0.15) is 0 Å². The van der Waals surface area contributed by atoms with Gasteiger partial charge < -0.3 is 10.4 Å². The second kappa shape index (κ2) is 6.68. The van der Waals surface area contributed by atoms with Gasteiger partial charge in [-0.3, -0.25) is 0 Å². The molecule has 0 amide bonds. The maximum Gasteiger partial charge on any atom is 0.345 e. The summed E-state index contributed by atoms with van der Waals surface area (Å²) in [5.41, 5.74) is 2.39. The third kappa shape index (κ3) is 3.68. The van der Waals surface area contributed by atoms with Crippen molar-refractivity contribution < 1.29 is 9.90 Å². The summed E-state index contributed by atoms with van der Waals surface area (Å²) in [5, 5.41) is 12.4. The second-order valence-electron chi connectivity index (χ2n) is 4.94. The van der Waals surface area contributed by atoms with Crippen LogP contribution in [0.25, 0.3) is 0 Å². The van der Waals surface area contributed by atoms with E-state index in [1.54, 1.807) is 6.07 Å². The monoisotopic (exact) mass is 289 g/mol. The van der Waals surface area contributed by atoms with Crippen LogP contribution < -0.4 is 5.32 Å². The summed E-state index contributed by atoms with van der Waals surface area (Å²) < 4.78 is 0. The Morgan fingerprint density at radius 3 is 2.65 bits per heavy atom. The molecule has 1 heterocycles. The fourth-order valence-electron chi connectivity index (χ4n) is 2.12. The van der Waals surface area contributed by atoms with Gasteiger partial charge in [-0.1, -0.05) is 37.3 Å². The van der Waals surface area contributed by atoms with Gasteiger partial charge >= 0.3 is 5.97 Å². The van der Waals surface area contributed by atoms with Gasteiger partial charge in [-0.15, -0.1) is 11.3 Å². The van der Waals surface area contributed by atoms with Crippen molar-refractivity contribution in [2.24, 2.45) is 0 Å². The predicted octanol–water partition coefficient (Wildman–Crippen LogP) is 3.65. The molecule has 106 valence electrons. The standard InChI is InChI=1S/C16H19NO2S/c1-11(13-6-4-3-5-7-13)9-17-10-14-8-15(16(18)19)20-12(14)2/h3-8,11,17H,9-10H2,1-2H3,(H,18,19). The Bertz CT molecular complexity index is 577. The fraction of sp³-hybridized carbons (Fsp3) is 0.312. The molecule has 2 rings (SSSR count). The van der Waals surface area contributed by atoms with E-state index >= 15 is 0 Å². The predicted molar refractivity (Wildman–Crippen MR) is 82.6 cm³/mol. The number of benzene rings is 1. The Labute approximate surface area is 123 Å². The van der Waals surface area contributed by atoms with Gasteiger partial charge in [0.1, 0.15) is 4.88 Å². The molecule has 4 heteroatoms. The fourth-order valence-corrected chi connectivity index (χ4v) is 3.00. The Morgan fingerprint density at radius 1 is 1.35 bits per heavy atom. The third-order valence-corrected chi connectivity index (χ3v) is 4.45. The molecule has 0 aliphatic heterocycles. The summed E-state index contributed by atoms with van der Waals surface area (Å²) in [7, 11) is 0. The number of carboxylic acid groups (broad SMARTS) is 1. The molecule has 1 aromatic heterocycles. The number of rotatable bonds is 6. The minimum Gasteiger partial charge on any atom is -0.477 e. The topological polar surface area (TPSA) is 49.3 Å². The molecule has 0 aliphatic carbocycles. The maximum absolute atomic E-state index is 10.9. The molecule has 2 N–H and O–H groups in total. The minimum atomic E-state index is -0.845. The van der Waals surface area contributed by atoms with Crippen molar-refractivity contribution in [1.29, 1.82) is 0 Å². The lowest BCUT2D eigenvalue weighted by Crippen LogP contribution is -2.19. The molecule has 0 aliphatic rings. The molecule has 0 radical (unpaired) electrons.